The van der Waals surface area contributed by atoms with E-state index in [1.165, 1.54) is 5.56 Å². The second-order valence-electron chi connectivity index (χ2n) is 5.73. The first-order valence-electron chi connectivity index (χ1n) is 8.01. The number of pyridine rings is 2. The van der Waals surface area contributed by atoms with Crippen LogP contribution < -0.4 is 5.32 Å². The largest absolute Gasteiger partial charge is 0.478 e. The first-order valence-corrected chi connectivity index (χ1v) is 8.96. The Kier molecular flexibility index (Phi) is 5.53. The fourth-order valence-corrected chi connectivity index (χ4v) is 3.35. The molecule has 0 bridgehead atoms. The van der Waals surface area contributed by atoms with E-state index in [1.54, 1.807) is 30.4 Å². The molecule has 3 aromatic rings. The molecular weight excluding hydrogens is 334 g/mol. The van der Waals surface area contributed by atoms with E-state index in [0.717, 1.165) is 29.9 Å². The zero-order chi connectivity index (χ0) is 17.6. The van der Waals surface area contributed by atoms with Gasteiger partial charge in [0.2, 0.25) is 0 Å². The number of thiophene rings is 1. The van der Waals surface area contributed by atoms with Gasteiger partial charge in [0.1, 0.15) is 0 Å². The molecule has 0 aromatic carbocycles. The third-order valence-corrected chi connectivity index (χ3v) is 4.50. The summed E-state index contributed by atoms with van der Waals surface area (Å²) < 4.78 is 0. The van der Waals surface area contributed by atoms with Gasteiger partial charge in [-0.2, -0.15) is 11.3 Å². The maximum atomic E-state index is 11.1. The molecule has 6 heteroatoms. The van der Waals surface area contributed by atoms with E-state index in [-0.39, 0.29) is 5.56 Å². The van der Waals surface area contributed by atoms with Crippen molar-refractivity contribution < 1.29 is 9.90 Å². The van der Waals surface area contributed by atoms with Gasteiger partial charge in [-0.3, -0.25) is 9.97 Å². The van der Waals surface area contributed by atoms with E-state index in [2.05, 4.69) is 38.2 Å². The van der Waals surface area contributed by atoms with Gasteiger partial charge in [0.05, 0.1) is 11.3 Å². The molecule has 5 nitrogen and oxygen atoms in total. The number of aromatic nitrogens is 2. The smallest absolute Gasteiger partial charge is 0.335 e. The molecule has 0 unspecified atom stereocenters. The number of aryl methyl sites for hydroxylation is 1. The standard InChI is InChI=1S/C19H19N3O2S/c1-13-9-15(19(23)24)10-16(22-13)11-20-7-4-18-17(3-2-6-21-18)14-5-8-25-12-14/h2-3,5-6,8-10,12,20H,4,7,11H2,1H3,(H,23,24). The lowest BCUT2D eigenvalue weighted by atomic mass is 10.1. The SMILES string of the molecule is Cc1cc(C(=O)O)cc(CNCCc2ncccc2-c2ccsc2)n1. The Morgan fingerprint density at radius 3 is 2.96 bits per heavy atom. The predicted molar refractivity (Wildman–Crippen MR) is 98.9 cm³/mol. The van der Waals surface area contributed by atoms with Gasteiger partial charge in [-0.05, 0) is 47.5 Å². The molecule has 0 aliphatic carbocycles. The Labute approximate surface area is 150 Å². The van der Waals surface area contributed by atoms with E-state index >= 15 is 0 Å². The molecule has 3 rings (SSSR count). The molecule has 3 aromatic heterocycles. The quantitative estimate of drug-likeness (QED) is 0.636. The van der Waals surface area contributed by atoms with Crippen LogP contribution in [0.15, 0.2) is 47.3 Å². The summed E-state index contributed by atoms with van der Waals surface area (Å²) in [6.07, 6.45) is 2.61. The highest BCUT2D eigenvalue weighted by molar-refractivity contribution is 7.08. The first kappa shape index (κ1) is 17.3. The number of carbonyl (C=O) groups is 1. The third kappa shape index (κ3) is 4.49. The van der Waals surface area contributed by atoms with Crippen molar-refractivity contribution in [2.75, 3.05) is 6.54 Å². The molecule has 0 atom stereocenters. The first-order chi connectivity index (χ1) is 12.1. The highest BCUT2D eigenvalue weighted by Crippen LogP contribution is 2.24. The summed E-state index contributed by atoms with van der Waals surface area (Å²) in [5.41, 5.74) is 5.12. The van der Waals surface area contributed by atoms with Crippen molar-refractivity contribution in [3.8, 4) is 11.1 Å². The number of hydrogen-bond donors (Lipinski definition) is 2. The minimum absolute atomic E-state index is 0.272. The molecule has 0 radical (unpaired) electrons. The number of carboxylic acid groups (broad SMARTS) is 1. The molecule has 2 N–H and O–H groups in total. The fourth-order valence-electron chi connectivity index (χ4n) is 2.69. The maximum Gasteiger partial charge on any atom is 0.335 e. The minimum atomic E-state index is -0.930. The van der Waals surface area contributed by atoms with Gasteiger partial charge in [0.15, 0.2) is 0 Å². The highest BCUT2D eigenvalue weighted by Gasteiger charge is 2.08. The Morgan fingerprint density at radius 2 is 2.20 bits per heavy atom. The van der Waals surface area contributed by atoms with Gasteiger partial charge in [-0.15, -0.1) is 0 Å². The van der Waals surface area contributed by atoms with Crippen molar-refractivity contribution in [3.05, 3.63) is 69.9 Å². The lowest BCUT2D eigenvalue weighted by molar-refractivity contribution is 0.0696. The van der Waals surface area contributed by atoms with Crippen LogP contribution in [-0.4, -0.2) is 27.6 Å². The number of nitrogens with zero attached hydrogens (tertiary/aromatic N) is 2. The molecule has 0 spiro atoms. The van der Waals surface area contributed by atoms with Crippen molar-refractivity contribution in [1.29, 1.82) is 0 Å². The zero-order valence-electron chi connectivity index (χ0n) is 13.9. The molecule has 0 fully saturated rings. The van der Waals surface area contributed by atoms with Crippen LogP contribution in [0.1, 0.15) is 27.4 Å². The van der Waals surface area contributed by atoms with Crippen molar-refractivity contribution in [3.63, 3.8) is 0 Å². The van der Waals surface area contributed by atoms with Crippen LogP contribution in [0.4, 0.5) is 0 Å². The second-order valence-corrected chi connectivity index (χ2v) is 6.51. The zero-order valence-corrected chi connectivity index (χ0v) is 14.7. The minimum Gasteiger partial charge on any atom is -0.478 e. The number of rotatable bonds is 7. The van der Waals surface area contributed by atoms with Gasteiger partial charge < -0.3 is 10.4 Å². The van der Waals surface area contributed by atoms with Gasteiger partial charge >= 0.3 is 5.97 Å². The number of aromatic carboxylic acids is 1. The van der Waals surface area contributed by atoms with Crippen molar-refractivity contribution in [1.82, 2.24) is 15.3 Å². The van der Waals surface area contributed by atoms with Gasteiger partial charge in [-0.1, -0.05) is 6.07 Å². The van der Waals surface area contributed by atoms with Crippen LogP contribution in [-0.2, 0) is 13.0 Å². The summed E-state index contributed by atoms with van der Waals surface area (Å²) in [5.74, 6) is -0.930. The van der Waals surface area contributed by atoms with E-state index in [0.29, 0.717) is 12.2 Å². The third-order valence-electron chi connectivity index (χ3n) is 3.82. The Hall–Kier alpha value is -2.57. The van der Waals surface area contributed by atoms with Gasteiger partial charge in [0.25, 0.3) is 0 Å². The summed E-state index contributed by atoms with van der Waals surface area (Å²) >= 11 is 1.67. The van der Waals surface area contributed by atoms with Crippen molar-refractivity contribution in [2.24, 2.45) is 0 Å². The summed E-state index contributed by atoms with van der Waals surface area (Å²) in [6.45, 7) is 3.08. The molecule has 0 amide bonds. The molecule has 0 aliphatic rings. The van der Waals surface area contributed by atoms with Crippen LogP contribution in [0, 0.1) is 6.92 Å². The molecule has 3 heterocycles. The van der Waals surface area contributed by atoms with E-state index < -0.39 is 5.97 Å². The second kappa shape index (κ2) is 8.00. The van der Waals surface area contributed by atoms with Crippen molar-refractivity contribution >= 4 is 17.3 Å². The van der Waals surface area contributed by atoms with Crippen LogP contribution in [0.2, 0.25) is 0 Å². The van der Waals surface area contributed by atoms with Crippen molar-refractivity contribution in [2.45, 2.75) is 19.9 Å². The van der Waals surface area contributed by atoms with Crippen LogP contribution in [0.25, 0.3) is 11.1 Å². The lowest BCUT2D eigenvalue weighted by Gasteiger charge is -2.09. The topological polar surface area (TPSA) is 75.1 Å². The van der Waals surface area contributed by atoms with E-state index in [9.17, 15) is 4.79 Å². The van der Waals surface area contributed by atoms with Gasteiger partial charge in [0, 0.05) is 42.7 Å². The monoisotopic (exact) mass is 353 g/mol. The fraction of sp³-hybridized carbons (Fsp3) is 0.211. The molecular formula is C19H19N3O2S. The summed E-state index contributed by atoms with van der Waals surface area (Å²) in [7, 11) is 0. The predicted octanol–water partition coefficient (Wildman–Crippen LogP) is 3.54. The molecule has 0 saturated heterocycles. The summed E-state index contributed by atoms with van der Waals surface area (Å²) in [5, 5.41) is 16.6. The Morgan fingerprint density at radius 1 is 1.32 bits per heavy atom. The number of hydrogen-bond acceptors (Lipinski definition) is 5. The van der Waals surface area contributed by atoms with E-state index in [1.807, 2.05) is 12.3 Å². The average Bonchev–Trinajstić information content (AvgIpc) is 3.13. The molecule has 25 heavy (non-hydrogen) atoms. The lowest BCUT2D eigenvalue weighted by Crippen LogP contribution is -2.19. The maximum absolute atomic E-state index is 11.1. The van der Waals surface area contributed by atoms with E-state index in [4.69, 9.17) is 5.11 Å². The van der Waals surface area contributed by atoms with Crippen LogP contribution in [0.5, 0.6) is 0 Å². The summed E-state index contributed by atoms with van der Waals surface area (Å²) in [6, 6.07) is 9.33. The normalized spacial score (nSPS) is 10.8. The molecule has 128 valence electrons. The van der Waals surface area contributed by atoms with Gasteiger partial charge in [-0.25, -0.2) is 4.79 Å². The van der Waals surface area contributed by atoms with Crippen LogP contribution >= 0.6 is 11.3 Å². The highest BCUT2D eigenvalue weighted by atomic mass is 32.1. The Balaban J connectivity index is 1.61. The molecule has 0 saturated carbocycles. The Bertz CT molecular complexity index is 863. The summed E-state index contributed by atoms with van der Waals surface area (Å²) in [4.78, 5) is 20.0. The average molecular weight is 353 g/mol. The molecule has 0 aliphatic heterocycles. The number of carboxylic acids is 1. The van der Waals surface area contributed by atoms with Crippen LogP contribution in [0.3, 0.4) is 0 Å². The number of nitrogens with one attached hydrogen (secondary N) is 1.